The molecule has 6 aromatic heterocycles. The van der Waals surface area contributed by atoms with Crippen molar-refractivity contribution in [2.24, 2.45) is 5.41 Å². The normalized spacial score (nSPS) is 9.84. The minimum atomic E-state index is -0.639. The van der Waals surface area contributed by atoms with E-state index in [-0.39, 0.29) is 72.5 Å². The second kappa shape index (κ2) is 45.3. The molecule has 506 valence electrons. The molecular weight excluding hydrogens is 1610 g/mol. The topological polar surface area (TPSA) is 207 Å². The summed E-state index contributed by atoms with van der Waals surface area (Å²) in [5.74, 6) is -0.0330. The van der Waals surface area contributed by atoms with Crippen LogP contribution in [0.2, 0.25) is 0 Å². The predicted octanol–water partition coefficient (Wildman–Crippen LogP) is 16.6. The maximum Gasteiger partial charge on any atom is 3.00 e. The number of pyridine rings is 6. The predicted molar refractivity (Wildman–Crippen MR) is 380 cm³/mol. The van der Waals surface area contributed by atoms with Gasteiger partial charge in [-0.2, -0.15) is 0 Å². The van der Waals surface area contributed by atoms with Gasteiger partial charge in [-0.1, -0.05) is 86.3 Å². The Morgan fingerprint density at radius 2 is 0.670 bits per heavy atom. The van der Waals surface area contributed by atoms with Gasteiger partial charge in [0, 0.05) is 42.8 Å². The van der Waals surface area contributed by atoms with E-state index in [4.69, 9.17) is 18.9 Å². The van der Waals surface area contributed by atoms with E-state index < -0.39 is 23.6 Å². The number of amides is 2. The summed E-state index contributed by atoms with van der Waals surface area (Å²) in [5.41, 5.74) is 10.7. The summed E-state index contributed by atoms with van der Waals surface area (Å²) in [5, 5.41) is 5.04. The number of hydrogen-bond acceptors (Lipinski definition) is 14. The molecule has 6 heterocycles. The summed E-state index contributed by atoms with van der Waals surface area (Å²) in [6.45, 7) is 11.0. The van der Waals surface area contributed by atoms with E-state index in [2.05, 4.69) is 83.5 Å². The Kier molecular flexibility index (Phi) is 36.0. The smallest absolute Gasteiger partial charge is 0.463 e. The van der Waals surface area contributed by atoms with Crippen molar-refractivity contribution in [3.8, 4) is 79.0 Å². The van der Waals surface area contributed by atoms with E-state index in [0.29, 0.717) is 23.5 Å². The molecule has 0 aliphatic rings. The van der Waals surface area contributed by atoms with E-state index >= 15 is 0 Å². The molecule has 18 heteroatoms. The van der Waals surface area contributed by atoms with E-state index in [0.717, 1.165) is 67.5 Å². The molecule has 2 amide bonds. The van der Waals surface area contributed by atoms with Gasteiger partial charge < -0.3 is 59.5 Å². The SMILES string of the molecule is C=C(C)C(=O)OCCNC(=O)Oc1cc[c-]c(-c2ccccn2)c1.CCC(C)(C)C(=O)OCCNC(=O)Oc1cc[c-]c(-c2ccccn2)c1.[Ir+3].[Ir+3].[c-]1ccccc1-c1ccccn1.[c-]1ccccc1-c1ccccn1.[c-]1ccccc1-c1ccccn1.[c-]1ccccc1-c1ccccn1. The van der Waals surface area contributed by atoms with Crippen LogP contribution in [0.5, 0.6) is 11.5 Å². The molecule has 0 saturated heterocycles. The van der Waals surface area contributed by atoms with Gasteiger partial charge in [-0.15, -0.1) is 203 Å². The molecule has 0 spiro atoms. The molecule has 2 N–H and O–H groups in total. The quantitative estimate of drug-likeness (QED) is 0.0377. The summed E-state index contributed by atoms with van der Waals surface area (Å²) in [4.78, 5) is 71.9. The van der Waals surface area contributed by atoms with Gasteiger partial charge in [0.15, 0.2) is 0 Å². The third-order valence-electron chi connectivity index (χ3n) is 13.4. The summed E-state index contributed by atoms with van der Waals surface area (Å²) in [7, 11) is 0. The first-order chi connectivity index (χ1) is 47.8. The largest absolute Gasteiger partial charge is 3.00 e. The third-order valence-corrected chi connectivity index (χ3v) is 13.4. The average Bonchev–Trinajstić information content (AvgIpc) is 0.911. The zero-order chi connectivity index (χ0) is 69.3. The van der Waals surface area contributed by atoms with Crippen LogP contribution in [0.15, 0.2) is 292 Å². The van der Waals surface area contributed by atoms with E-state index in [1.807, 2.05) is 227 Å². The van der Waals surface area contributed by atoms with E-state index in [1.54, 1.807) is 80.5 Å². The first-order valence-electron chi connectivity index (χ1n) is 31.1. The molecule has 0 bridgehead atoms. The average molecular weight is 1680 g/mol. The maximum atomic E-state index is 11.9. The summed E-state index contributed by atoms with van der Waals surface area (Å²) in [6.07, 6.45) is 9.94. The number of nitrogens with zero attached hydrogens (tertiary/aromatic N) is 6. The second-order valence-corrected chi connectivity index (χ2v) is 21.2. The first-order valence-corrected chi connectivity index (χ1v) is 31.1. The van der Waals surface area contributed by atoms with Crippen molar-refractivity contribution in [1.29, 1.82) is 0 Å². The van der Waals surface area contributed by atoms with Gasteiger partial charge in [0.05, 0.1) is 30.0 Å². The second-order valence-electron chi connectivity index (χ2n) is 21.2. The molecule has 16 nitrogen and oxygen atoms in total. The Morgan fingerprint density at radius 3 is 0.930 bits per heavy atom. The Bertz CT molecular complexity index is 3810. The maximum absolute atomic E-state index is 11.9. The van der Waals surface area contributed by atoms with E-state index in [9.17, 15) is 19.2 Å². The van der Waals surface area contributed by atoms with Crippen LogP contribution in [-0.2, 0) is 59.3 Å². The monoisotopic (exact) mass is 1680 g/mol. The molecule has 0 aliphatic carbocycles. The minimum absolute atomic E-state index is 0. The third kappa shape index (κ3) is 29.2. The van der Waals surface area contributed by atoms with Crippen molar-refractivity contribution >= 4 is 24.1 Å². The zero-order valence-corrected chi connectivity index (χ0v) is 60.2. The van der Waals surface area contributed by atoms with Crippen molar-refractivity contribution in [2.75, 3.05) is 26.3 Å². The standard InChI is InChI=1S/C20H23N2O4.C18H17N2O4.4C11H8N.2Ir/c1-4-20(2,3)18(23)25-13-12-22-19(24)26-16-9-7-8-15(14-16)17-10-5-6-11-21-17;1-13(2)17(21)23-11-10-20-18(22)24-15-7-5-6-14(12-15)16-8-3-4-9-19-16;4*1-2-6-10(7-3-1)11-8-4-5-9-12-11;;/h5-7,9-11,14H,4,12-13H2,1-3H3,(H,22,24);3-5,7-9,12H,1,10-11H2,2H3,(H,20,22);4*1-6,8-9H;;/q6*-1;2*+3. The molecule has 0 aliphatic heterocycles. The molecule has 0 radical (unpaired) electrons. The molecule has 12 aromatic rings. The summed E-state index contributed by atoms with van der Waals surface area (Å²) >= 11 is 0. The van der Waals surface area contributed by atoms with Gasteiger partial charge in [-0.3, -0.25) is 4.79 Å². The summed E-state index contributed by atoms with van der Waals surface area (Å²) in [6, 6.07) is 94.4. The molecule has 12 rings (SSSR count). The van der Waals surface area contributed by atoms with Gasteiger partial charge in [0.2, 0.25) is 0 Å². The van der Waals surface area contributed by atoms with Crippen LogP contribution < -0.4 is 20.1 Å². The van der Waals surface area contributed by atoms with Gasteiger partial charge >= 0.3 is 64.3 Å². The van der Waals surface area contributed by atoms with Crippen molar-refractivity contribution in [1.82, 2.24) is 40.5 Å². The molecule has 6 aromatic carbocycles. The van der Waals surface area contributed by atoms with Crippen molar-refractivity contribution in [2.45, 2.75) is 34.1 Å². The molecule has 0 unspecified atom stereocenters. The first kappa shape index (κ1) is 79.4. The Morgan fingerprint density at radius 1 is 0.390 bits per heavy atom. The van der Waals surface area contributed by atoms with Crippen molar-refractivity contribution in [3.63, 3.8) is 0 Å². The van der Waals surface area contributed by atoms with Crippen LogP contribution in [0.3, 0.4) is 0 Å². The van der Waals surface area contributed by atoms with Crippen LogP contribution in [-0.4, -0.2) is 80.3 Å². The van der Waals surface area contributed by atoms with Gasteiger partial charge in [-0.05, 0) is 97.8 Å². The van der Waals surface area contributed by atoms with Gasteiger partial charge in [-0.25, -0.2) is 14.4 Å². The van der Waals surface area contributed by atoms with Crippen molar-refractivity contribution < 1.29 is 78.3 Å². The van der Waals surface area contributed by atoms with Crippen LogP contribution in [0.4, 0.5) is 9.59 Å². The molecule has 0 atom stereocenters. The van der Waals surface area contributed by atoms with Crippen LogP contribution in [0.1, 0.15) is 34.1 Å². The number of nitrogens with one attached hydrogen (secondary N) is 2. The van der Waals surface area contributed by atoms with Crippen LogP contribution >= 0.6 is 0 Å². The fourth-order valence-electron chi connectivity index (χ4n) is 8.00. The van der Waals surface area contributed by atoms with Crippen molar-refractivity contribution in [3.05, 3.63) is 328 Å². The van der Waals surface area contributed by atoms with Crippen LogP contribution in [0.25, 0.3) is 67.5 Å². The number of hydrogen-bond donors (Lipinski definition) is 2. The molecular formula is C82H72Ir2N8O8. The molecule has 0 saturated carbocycles. The number of esters is 2. The van der Waals surface area contributed by atoms with E-state index in [1.165, 1.54) is 0 Å². The van der Waals surface area contributed by atoms with Gasteiger partial charge in [0.25, 0.3) is 0 Å². The number of carbonyl (C=O) groups excluding carboxylic acids is 4. The fourth-order valence-corrected chi connectivity index (χ4v) is 8.00. The van der Waals surface area contributed by atoms with Gasteiger partial charge in [0.1, 0.15) is 13.2 Å². The Balaban J connectivity index is 0.000000223. The number of ether oxygens (including phenoxy) is 4. The number of carbonyl (C=O) groups is 4. The summed E-state index contributed by atoms with van der Waals surface area (Å²) < 4.78 is 20.4. The molecule has 100 heavy (non-hydrogen) atoms. The van der Waals surface area contributed by atoms with Crippen LogP contribution in [0, 0.1) is 41.8 Å². The number of aromatic nitrogens is 6. The fraction of sp³-hybridized carbons (Fsp3) is 0.122. The number of benzene rings is 6. The zero-order valence-electron chi connectivity index (χ0n) is 55.4. The molecule has 0 fully saturated rings. The number of rotatable bonds is 17. The Hall–Kier alpha value is -11.3. The minimum Gasteiger partial charge on any atom is -0.463 e. The Labute approximate surface area is 612 Å².